The van der Waals surface area contributed by atoms with Crippen molar-refractivity contribution in [1.29, 1.82) is 0 Å². The molecule has 0 bridgehead atoms. The second-order valence-electron chi connectivity index (χ2n) is 4.45. The highest BCUT2D eigenvalue weighted by atomic mass is 16.1. The van der Waals surface area contributed by atoms with E-state index in [2.05, 4.69) is 29.4 Å². The number of hydrogen-bond donors (Lipinski definition) is 0. The van der Waals surface area contributed by atoms with Gasteiger partial charge in [0.05, 0.1) is 11.4 Å². The standard InChI is InChI=1S/C15H19N3O/c1-4-11-7-9-12(10-8-11)18-13(5-2)15(16-17-18)14(19)6-3/h7-10H,4-6H2,1-3H3. The molecule has 4 heteroatoms. The molecule has 0 amide bonds. The molecule has 0 aliphatic carbocycles. The van der Waals surface area contributed by atoms with E-state index in [0.717, 1.165) is 24.2 Å². The van der Waals surface area contributed by atoms with Crippen molar-refractivity contribution in [3.63, 3.8) is 0 Å². The van der Waals surface area contributed by atoms with Gasteiger partial charge in [-0.25, -0.2) is 4.68 Å². The van der Waals surface area contributed by atoms with Gasteiger partial charge >= 0.3 is 0 Å². The van der Waals surface area contributed by atoms with Crippen LogP contribution in [0.2, 0.25) is 0 Å². The Morgan fingerprint density at radius 2 is 1.79 bits per heavy atom. The lowest BCUT2D eigenvalue weighted by Gasteiger charge is -2.06. The second-order valence-corrected chi connectivity index (χ2v) is 4.45. The molecule has 4 nitrogen and oxygen atoms in total. The normalized spacial score (nSPS) is 10.7. The summed E-state index contributed by atoms with van der Waals surface area (Å²) in [5.74, 6) is 0.0493. The Morgan fingerprint density at radius 1 is 1.11 bits per heavy atom. The fraction of sp³-hybridized carbons (Fsp3) is 0.400. The second kappa shape index (κ2) is 5.78. The first-order valence-electron chi connectivity index (χ1n) is 6.78. The summed E-state index contributed by atoms with van der Waals surface area (Å²) in [4.78, 5) is 11.8. The first-order valence-corrected chi connectivity index (χ1v) is 6.78. The number of Topliss-reactive ketones (excluding diaryl/α,β-unsaturated/α-hetero) is 1. The van der Waals surface area contributed by atoms with Gasteiger partial charge in [-0.3, -0.25) is 4.79 Å². The number of nitrogens with zero attached hydrogens (tertiary/aromatic N) is 3. The van der Waals surface area contributed by atoms with E-state index in [1.807, 2.05) is 26.0 Å². The van der Waals surface area contributed by atoms with Crippen molar-refractivity contribution in [2.45, 2.75) is 40.0 Å². The Balaban J connectivity index is 2.44. The van der Waals surface area contributed by atoms with Crippen LogP contribution in [0.4, 0.5) is 0 Å². The van der Waals surface area contributed by atoms with E-state index >= 15 is 0 Å². The largest absolute Gasteiger partial charge is 0.292 e. The lowest BCUT2D eigenvalue weighted by atomic mass is 10.1. The number of benzene rings is 1. The van der Waals surface area contributed by atoms with E-state index in [4.69, 9.17) is 0 Å². The summed E-state index contributed by atoms with van der Waals surface area (Å²) < 4.78 is 1.77. The van der Waals surface area contributed by atoms with Crippen molar-refractivity contribution in [1.82, 2.24) is 15.0 Å². The van der Waals surface area contributed by atoms with Crippen molar-refractivity contribution in [2.75, 3.05) is 0 Å². The fourth-order valence-corrected chi connectivity index (χ4v) is 2.08. The van der Waals surface area contributed by atoms with E-state index < -0.39 is 0 Å². The third-order valence-electron chi connectivity index (χ3n) is 3.27. The number of aromatic nitrogens is 3. The number of carbonyl (C=O) groups excluding carboxylic acids is 1. The van der Waals surface area contributed by atoms with Gasteiger partial charge in [-0.15, -0.1) is 5.10 Å². The van der Waals surface area contributed by atoms with Crippen LogP contribution in [0.3, 0.4) is 0 Å². The summed E-state index contributed by atoms with van der Waals surface area (Å²) in [7, 11) is 0. The van der Waals surface area contributed by atoms with E-state index in [0.29, 0.717) is 12.1 Å². The van der Waals surface area contributed by atoms with Crippen LogP contribution in [0.15, 0.2) is 24.3 Å². The van der Waals surface area contributed by atoms with Crippen LogP contribution < -0.4 is 0 Å². The third-order valence-corrected chi connectivity index (χ3v) is 3.27. The maximum Gasteiger partial charge on any atom is 0.184 e. The van der Waals surface area contributed by atoms with Gasteiger partial charge in [0.1, 0.15) is 0 Å². The van der Waals surface area contributed by atoms with Crippen LogP contribution >= 0.6 is 0 Å². The van der Waals surface area contributed by atoms with Crippen molar-refractivity contribution in [2.24, 2.45) is 0 Å². The number of ketones is 1. The minimum atomic E-state index is 0.0493. The van der Waals surface area contributed by atoms with Crippen molar-refractivity contribution in [3.8, 4) is 5.69 Å². The molecule has 2 rings (SSSR count). The van der Waals surface area contributed by atoms with E-state index in [9.17, 15) is 4.79 Å². The van der Waals surface area contributed by atoms with Gasteiger partial charge in [0.15, 0.2) is 11.5 Å². The van der Waals surface area contributed by atoms with Gasteiger partial charge in [0.25, 0.3) is 0 Å². The fourth-order valence-electron chi connectivity index (χ4n) is 2.08. The molecule has 0 radical (unpaired) electrons. The molecule has 0 aliphatic rings. The van der Waals surface area contributed by atoms with Gasteiger partial charge in [-0.05, 0) is 30.5 Å². The molecule has 0 N–H and O–H groups in total. The molecule has 100 valence electrons. The molecule has 2 aromatic rings. The van der Waals surface area contributed by atoms with Crippen LogP contribution in [0.25, 0.3) is 5.69 Å². The molecule has 19 heavy (non-hydrogen) atoms. The molecule has 0 unspecified atom stereocenters. The lowest BCUT2D eigenvalue weighted by molar-refractivity contribution is 0.0982. The number of hydrogen-bond acceptors (Lipinski definition) is 3. The summed E-state index contributed by atoms with van der Waals surface area (Å²) >= 11 is 0. The van der Waals surface area contributed by atoms with E-state index in [1.165, 1.54) is 5.56 Å². The maximum atomic E-state index is 11.8. The van der Waals surface area contributed by atoms with Crippen LogP contribution in [-0.2, 0) is 12.8 Å². The van der Waals surface area contributed by atoms with Crippen molar-refractivity contribution in [3.05, 3.63) is 41.2 Å². The first-order chi connectivity index (χ1) is 9.21. The van der Waals surface area contributed by atoms with Gasteiger partial charge in [0.2, 0.25) is 0 Å². The van der Waals surface area contributed by atoms with Crippen molar-refractivity contribution < 1.29 is 4.79 Å². The average molecular weight is 257 g/mol. The quantitative estimate of drug-likeness (QED) is 0.774. The highest BCUT2D eigenvalue weighted by molar-refractivity contribution is 5.95. The molecule has 0 spiro atoms. The highest BCUT2D eigenvalue weighted by Gasteiger charge is 2.17. The maximum absolute atomic E-state index is 11.8. The molecule has 0 saturated carbocycles. The van der Waals surface area contributed by atoms with E-state index in [1.54, 1.807) is 4.68 Å². The SMILES string of the molecule is CCC(=O)c1nnn(-c2ccc(CC)cc2)c1CC. The topological polar surface area (TPSA) is 47.8 Å². The molecule has 0 aliphatic heterocycles. The summed E-state index contributed by atoms with van der Waals surface area (Å²) in [6, 6.07) is 8.20. The van der Waals surface area contributed by atoms with Gasteiger partial charge < -0.3 is 0 Å². The van der Waals surface area contributed by atoms with Crippen LogP contribution in [0.1, 0.15) is 48.9 Å². The summed E-state index contributed by atoms with van der Waals surface area (Å²) in [5, 5.41) is 8.17. The van der Waals surface area contributed by atoms with Crippen LogP contribution in [-0.4, -0.2) is 20.8 Å². The van der Waals surface area contributed by atoms with Crippen LogP contribution in [0.5, 0.6) is 0 Å². The minimum Gasteiger partial charge on any atom is -0.292 e. The average Bonchev–Trinajstić information content (AvgIpc) is 2.90. The van der Waals surface area contributed by atoms with Gasteiger partial charge in [-0.2, -0.15) is 0 Å². The Hall–Kier alpha value is -1.97. The minimum absolute atomic E-state index is 0.0493. The zero-order valence-corrected chi connectivity index (χ0v) is 11.7. The zero-order valence-electron chi connectivity index (χ0n) is 11.7. The summed E-state index contributed by atoms with van der Waals surface area (Å²) in [5.41, 5.74) is 3.63. The molecular weight excluding hydrogens is 238 g/mol. The Morgan fingerprint density at radius 3 is 2.32 bits per heavy atom. The molecule has 1 aromatic heterocycles. The number of aryl methyl sites for hydroxylation is 1. The predicted molar refractivity (Wildman–Crippen MR) is 74.7 cm³/mol. The smallest absolute Gasteiger partial charge is 0.184 e. The summed E-state index contributed by atoms with van der Waals surface area (Å²) in [6.07, 6.45) is 2.21. The summed E-state index contributed by atoms with van der Waals surface area (Å²) in [6.45, 7) is 5.98. The molecule has 0 atom stereocenters. The molecule has 1 heterocycles. The number of rotatable bonds is 5. The van der Waals surface area contributed by atoms with Gasteiger partial charge in [-0.1, -0.05) is 38.1 Å². The Labute approximate surface area is 113 Å². The Kier molecular flexibility index (Phi) is 4.10. The monoisotopic (exact) mass is 257 g/mol. The predicted octanol–water partition coefficient (Wildman–Crippen LogP) is 2.98. The van der Waals surface area contributed by atoms with Crippen molar-refractivity contribution >= 4 is 5.78 Å². The van der Waals surface area contributed by atoms with Gasteiger partial charge in [0, 0.05) is 6.42 Å². The lowest BCUT2D eigenvalue weighted by Crippen LogP contribution is -2.05. The molecule has 0 fully saturated rings. The number of carbonyl (C=O) groups is 1. The third kappa shape index (κ3) is 2.57. The van der Waals surface area contributed by atoms with Crippen LogP contribution in [0, 0.1) is 0 Å². The molecular formula is C15H19N3O. The molecule has 1 aromatic carbocycles. The van der Waals surface area contributed by atoms with E-state index in [-0.39, 0.29) is 5.78 Å². The highest BCUT2D eigenvalue weighted by Crippen LogP contribution is 2.16. The Bertz CT molecular complexity index is 570. The zero-order chi connectivity index (χ0) is 13.8. The first kappa shape index (κ1) is 13.5. The molecule has 0 saturated heterocycles.